The van der Waals surface area contributed by atoms with Gasteiger partial charge in [-0.25, -0.2) is 0 Å². The fourth-order valence-corrected chi connectivity index (χ4v) is 3.37. The van der Waals surface area contributed by atoms with E-state index in [1.54, 1.807) is 37.3 Å². The SMILES string of the molecule is CC[NH+]1CCN(c2ccc(NC(=O)c3ccc(OC)c(OC)c3)cc2)CC1. The third kappa shape index (κ3) is 4.52. The highest BCUT2D eigenvalue weighted by atomic mass is 16.5. The zero-order valence-corrected chi connectivity index (χ0v) is 16.2. The number of carbonyl (C=O) groups excluding carboxylic acids is 1. The van der Waals surface area contributed by atoms with Crippen LogP contribution in [-0.4, -0.2) is 52.9 Å². The van der Waals surface area contributed by atoms with Crippen LogP contribution < -0.4 is 24.6 Å². The first-order valence-electron chi connectivity index (χ1n) is 9.36. The smallest absolute Gasteiger partial charge is 0.255 e. The molecule has 27 heavy (non-hydrogen) atoms. The predicted molar refractivity (Wildman–Crippen MR) is 107 cm³/mol. The molecule has 1 saturated heterocycles. The largest absolute Gasteiger partial charge is 0.493 e. The third-order valence-electron chi connectivity index (χ3n) is 5.11. The minimum absolute atomic E-state index is 0.177. The topological polar surface area (TPSA) is 55.2 Å². The van der Waals surface area contributed by atoms with Crippen LogP contribution in [0.25, 0.3) is 0 Å². The molecule has 0 unspecified atom stereocenters. The first kappa shape index (κ1) is 19.0. The highest BCUT2D eigenvalue weighted by molar-refractivity contribution is 6.04. The Bertz CT molecular complexity index is 769. The summed E-state index contributed by atoms with van der Waals surface area (Å²) in [5.74, 6) is 0.959. The summed E-state index contributed by atoms with van der Waals surface area (Å²) in [4.78, 5) is 16.6. The lowest BCUT2D eigenvalue weighted by Gasteiger charge is -2.33. The predicted octanol–water partition coefficient (Wildman–Crippen LogP) is 1.68. The van der Waals surface area contributed by atoms with Crippen molar-refractivity contribution in [2.24, 2.45) is 0 Å². The highest BCUT2D eigenvalue weighted by Crippen LogP contribution is 2.28. The normalized spacial score (nSPS) is 14.7. The number of anilines is 2. The number of amides is 1. The lowest BCUT2D eigenvalue weighted by atomic mass is 10.1. The molecule has 0 aliphatic carbocycles. The van der Waals surface area contributed by atoms with Crippen molar-refractivity contribution in [3.8, 4) is 11.5 Å². The molecule has 2 N–H and O–H groups in total. The number of likely N-dealkylation sites (N-methyl/N-ethyl adjacent to an activating group) is 1. The molecule has 6 nitrogen and oxygen atoms in total. The van der Waals surface area contributed by atoms with Gasteiger partial charge in [0.05, 0.1) is 46.9 Å². The molecule has 0 spiro atoms. The van der Waals surface area contributed by atoms with E-state index in [-0.39, 0.29) is 5.91 Å². The number of rotatable bonds is 6. The van der Waals surface area contributed by atoms with E-state index in [2.05, 4.69) is 29.3 Å². The molecule has 1 fully saturated rings. The van der Waals surface area contributed by atoms with Gasteiger partial charge in [0.15, 0.2) is 11.5 Å². The second kappa shape index (κ2) is 8.77. The Labute approximate surface area is 160 Å². The molecule has 0 radical (unpaired) electrons. The van der Waals surface area contributed by atoms with Gasteiger partial charge in [0.2, 0.25) is 0 Å². The molecule has 1 aliphatic heterocycles. The van der Waals surface area contributed by atoms with Crippen LogP contribution in [0.2, 0.25) is 0 Å². The number of nitrogens with zero attached hydrogens (tertiary/aromatic N) is 1. The van der Waals surface area contributed by atoms with Crippen LogP contribution in [0.15, 0.2) is 42.5 Å². The molecule has 1 aliphatic rings. The van der Waals surface area contributed by atoms with Crippen molar-refractivity contribution in [3.63, 3.8) is 0 Å². The highest BCUT2D eigenvalue weighted by Gasteiger charge is 2.18. The van der Waals surface area contributed by atoms with Gasteiger partial charge in [-0.1, -0.05) is 0 Å². The maximum atomic E-state index is 12.5. The zero-order chi connectivity index (χ0) is 19.2. The summed E-state index contributed by atoms with van der Waals surface area (Å²) < 4.78 is 10.5. The molecule has 2 aromatic rings. The average Bonchev–Trinajstić information content (AvgIpc) is 2.73. The average molecular weight is 370 g/mol. The van der Waals surface area contributed by atoms with E-state index in [1.807, 2.05) is 12.1 Å². The quantitative estimate of drug-likeness (QED) is 0.812. The molecule has 6 heteroatoms. The molecular weight excluding hydrogens is 342 g/mol. The maximum absolute atomic E-state index is 12.5. The molecule has 3 rings (SSSR count). The van der Waals surface area contributed by atoms with Crippen LogP contribution in [0.4, 0.5) is 11.4 Å². The summed E-state index contributed by atoms with van der Waals surface area (Å²) in [5.41, 5.74) is 2.50. The van der Waals surface area contributed by atoms with Crippen LogP contribution >= 0.6 is 0 Å². The van der Waals surface area contributed by atoms with Crippen molar-refractivity contribution in [2.75, 3.05) is 57.2 Å². The molecule has 1 amide bonds. The number of nitrogens with one attached hydrogen (secondary N) is 2. The fraction of sp³-hybridized carbons (Fsp3) is 0.381. The first-order valence-corrected chi connectivity index (χ1v) is 9.36. The standard InChI is InChI=1S/C21H27N3O3/c1-4-23-11-13-24(14-12-23)18-8-6-17(7-9-18)22-21(25)16-5-10-19(26-2)20(15-16)27-3/h5-10,15H,4,11-14H2,1-3H3,(H,22,25)/p+1. The summed E-state index contributed by atoms with van der Waals surface area (Å²) in [6.07, 6.45) is 0. The Balaban J connectivity index is 1.63. The van der Waals surface area contributed by atoms with Crippen LogP contribution in [0.5, 0.6) is 11.5 Å². The van der Waals surface area contributed by atoms with Crippen LogP contribution in [0.3, 0.4) is 0 Å². The Kier molecular flexibility index (Phi) is 6.19. The van der Waals surface area contributed by atoms with E-state index >= 15 is 0 Å². The number of hydrogen-bond acceptors (Lipinski definition) is 4. The summed E-state index contributed by atoms with van der Waals surface area (Å²) >= 11 is 0. The van der Waals surface area contributed by atoms with Gasteiger partial charge in [-0.15, -0.1) is 0 Å². The number of benzene rings is 2. The Morgan fingerprint density at radius 2 is 1.70 bits per heavy atom. The Hall–Kier alpha value is -2.73. The first-order chi connectivity index (χ1) is 13.1. The molecule has 1 heterocycles. The van der Waals surface area contributed by atoms with Crippen molar-refractivity contribution in [1.82, 2.24) is 0 Å². The van der Waals surface area contributed by atoms with Crippen LogP contribution in [0.1, 0.15) is 17.3 Å². The number of ether oxygens (including phenoxy) is 2. The maximum Gasteiger partial charge on any atom is 0.255 e. The van der Waals surface area contributed by atoms with Crippen molar-refractivity contribution in [2.45, 2.75) is 6.92 Å². The van der Waals surface area contributed by atoms with E-state index in [9.17, 15) is 4.79 Å². The summed E-state index contributed by atoms with van der Waals surface area (Å²) in [6.45, 7) is 7.92. The second-order valence-electron chi connectivity index (χ2n) is 6.66. The number of piperazine rings is 1. The number of carbonyl (C=O) groups is 1. The third-order valence-corrected chi connectivity index (χ3v) is 5.11. The minimum atomic E-state index is -0.177. The van der Waals surface area contributed by atoms with E-state index in [0.717, 1.165) is 18.8 Å². The molecule has 0 aromatic heterocycles. The van der Waals surface area contributed by atoms with Gasteiger partial charge in [-0.05, 0) is 49.4 Å². The number of methoxy groups -OCH3 is 2. The molecule has 0 atom stereocenters. The van der Waals surface area contributed by atoms with Crippen LogP contribution in [-0.2, 0) is 0 Å². The van der Waals surface area contributed by atoms with Gasteiger partial charge < -0.3 is 24.6 Å². The summed E-state index contributed by atoms with van der Waals surface area (Å²) in [6, 6.07) is 13.2. The van der Waals surface area contributed by atoms with E-state index < -0.39 is 0 Å². The lowest BCUT2D eigenvalue weighted by molar-refractivity contribution is -0.898. The number of quaternary nitrogens is 1. The number of hydrogen-bond donors (Lipinski definition) is 2. The van der Waals surface area contributed by atoms with Gasteiger partial charge in [-0.2, -0.15) is 0 Å². The van der Waals surface area contributed by atoms with Crippen LogP contribution in [0, 0.1) is 0 Å². The second-order valence-corrected chi connectivity index (χ2v) is 6.66. The minimum Gasteiger partial charge on any atom is -0.493 e. The molecule has 144 valence electrons. The Morgan fingerprint density at radius 1 is 1.04 bits per heavy atom. The summed E-state index contributed by atoms with van der Waals surface area (Å²) in [5, 5.41) is 2.94. The van der Waals surface area contributed by atoms with Gasteiger partial charge >= 0.3 is 0 Å². The monoisotopic (exact) mass is 370 g/mol. The van der Waals surface area contributed by atoms with Crippen molar-refractivity contribution in [3.05, 3.63) is 48.0 Å². The van der Waals surface area contributed by atoms with E-state index in [1.165, 1.54) is 25.3 Å². The fourth-order valence-electron chi connectivity index (χ4n) is 3.37. The lowest BCUT2D eigenvalue weighted by Crippen LogP contribution is -3.14. The van der Waals surface area contributed by atoms with Gasteiger partial charge in [0.1, 0.15) is 0 Å². The zero-order valence-electron chi connectivity index (χ0n) is 16.2. The molecular formula is C21H28N3O3+. The van der Waals surface area contributed by atoms with E-state index in [4.69, 9.17) is 9.47 Å². The van der Waals surface area contributed by atoms with Crippen molar-refractivity contribution in [1.29, 1.82) is 0 Å². The van der Waals surface area contributed by atoms with Gasteiger partial charge in [0.25, 0.3) is 5.91 Å². The summed E-state index contributed by atoms with van der Waals surface area (Å²) in [7, 11) is 3.13. The van der Waals surface area contributed by atoms with E-state index in [0.29, 0.717) is 17.1 Å². The van der Waals surface area contributed by atoms with Gasteiger partial charge in [-0.3, -0.25) is 4.79 Å². The molecule has 0 bridgehead atoms. The van der Waals surface area contributed by atoms with Gasteiger partial charge in [0, 0.05) is 16.9 Å². The van der Waals surface area contributed by atoms with Crippen molar-refractivity contribution >= 4 is 17.3 Å². The molecule has 2 aromatic carbocycles. The Morgan fingerprint density at radius 3 is 2.30 bits per heavy atom. The van der Waals surface area contributed by atoms with Crippen molar-refractivity contribution < 1.29 is 19.2 Å². The molecule has 0 saturated carbocycles.